The van der Waals surface area contributed by atoms with E-state index >= 15 is 0 Å². The maximum atomic E-state index is 5.41. The van der Waals surface area contributed by atoms with Crippen LogP contribution in [0.3, 0.4) is 0 Å². The van der Waals surface area contributed by atoms with Crippen molar-refractivity contribution in [2.75, 3.05) is 19.8 Å². The van der Waals surface area contributed by atoms with Crippen molar-refractivity contribution in [1.82, 2.24) is 9.55 Å². The zero-order valence-corrected chi connectivity index (χ0v) is 9.48. The van der Waals surface area contributed by atoms with Crippen LogP contribution in [-0.4, -0.2) is 35.5 Å². The molecule has 1 radical (unpaired) electrons. The summed E-state index contributed by atoms with van der Waals surface area (Å²) in [7, 11) is 0. The first-order valence-corrected chi connectivity index (χ1v) is 5.36. The van der Waals surface area contributed by atoms with Gasteiger partial charge in [-0.05, 0) is 20.3 Å². The molecule has 15 heavy (non-hydrogen) atoms. The van der Waals surface area contributed by atoms with Gasteiger partial charge in [0.25, 0.3) is 0 Å². The lowest BCUT2D eigenvalue weighted by Crippen LogP contribution is -2.10. The summed E-state index contributed by atoms with van der Waals surface area (Å²) in [6.45, 7) is 7.09. The van der Waals surface area contributed by atoms with Crippen molar-refractivity contribution >= 4 is 0 Å². The van der Waals surface area contributed by atoms with E-state index in [1.165, 1.54) is 0 Å². The average Bonchev–Trinajstić information content (AvgIpc) is 2.68. The average molecular weight is 211 g/mol. The molecule has 1 aromatic rings. The van der Waals surface area contributed by atoms with Crippen molar-refractivity contribution in [3.05, 3.63) is 18.7 Å². The van der Waals surface area contributed by atoms with E-state index < -0.39 is 0 Å². The van der Waals surface area contributed by atoms with E-state index in [0.717, 1.165) is 19.6 Å². The van der Waals surface area contributed by atoms with E-state index in [4.69, 9.17) is 9.47 Å². The largest absolute Gasteiger partial charge is 0.379 e. The van der Waals surface area contributed by atoms with Crippen LogP contribution in [0.5, 0.6) is 0 Å². The zero-order valence-electron chi connectivity index (χ0n) is 9.48. The van der Waals surface area contributed by atoms with Crippen LogP contribution in [0.15, 0.2) is 12.5 Å². The summed E-state index contributed by atoms with van der Waals surface area (Å²) < 4.78 is 12.8. The molecule has 1 rings (SSSR count). The number of ether oxygens (including phenoxy) is 2. The highest BCUT2D eigenvalue weighted by Crippen LogP contribution is 1.92. The number of hydrogen-bond acceptors (Lipinski definition) is 3. The molecule has 0 aliphatic heterocycles. The van der Waals surface area contributed by atoms with Gasteiger partial charge >= 0.3 is 0 Å². The van der Waals surface area contributed by atoms with Crippen molar-refractivity contribution in [2.45, 2.75) is 32.9 Å². The number of nitrogens with zero attached hydrogens (tertiary/aromatic N) is 2. The first kappa shape index (κ1) is 12.2. The number of rotatable bonds is 8. The molecule has 0 amide bonds. The Hall–Kier alpha value is -0.870. The van der Waals surface area contributed by atoms with Crippen LogP contribution in [0.25, 0.3) is 0 Å². The molecule has 0 aliphatic carbocycles. The standard InChI is InChI=1S/C11H19N2O2/c1-11(2)15-9-8-14-7-3-5-13-6-4-12-10-13/h6,10-11H,3,5,7-9H2,1-2H3. The van der Waals surface area contributed by atoms with Gasteiger partial charge in [-0.2, -0.15) is 0 Å². The van der Waals surface area contributed by atoms with Gasteiger partial charge in [0.15, 0.2) is 0 Å². The van der Waals surface area contributed by atoms with Gasteiger partial charge in [0.1, 0.15) is 6.20 Å². The Bertz CT molecular complexity index is 235. The van der Waals surface area contributed by atoms with E-state index in [0.29, 0.717) is 13.2 Å². The predicted octanol–water partition coefficient (Wildman–Crippen LogP) is 1.51. The van der Waals surface area contributed by atoms with E-state index in [1.54, 1.807) is 6.33 Å². The Morgan fingerprint density at radius 3 is 2.87 bits per heavy atom. The highest BCUT2D eigenvalue weighted by Gasteiger charge is 1.94. The summed E-state index contributed by atoms with van der Waals surface area (Å²) in [5, 5.41) is 0. The van der Waals surface area contributed by atoms with Gasteiger partial charge in [0.2, 0.25) is 0 Å². The molecule has 1 aromatic heterocycles. The Kier molecular flexibility index (Phi) is 6.04. The molecule has 0 saturated heterocycles. The second-order valence-corrected chi connectivity index (χ2v) is 3.63. The second-order valence-electron chi connectivity index (χ2n) is 3.63. The van der Waals surface area contributed by atoms with Gasteiger partial charge in [-0.3, -0.25) is 0 Å². The normalized spacial score (nSPS) is 11.1. The maximum Gasteiger partial charge on any atom is 0.108 e. The third-order valence-electron chi connectivity index (χ3n) is 1.89. The summed E-state index contributed by atoms with van der Waals surface area (Å²) in [4.78, 5) is 3.85. The summed E-state index contributed by atoms with van der Waals surface area (Å²) in [6, 6.07) is 0. The molecule has 4 heteroatoms. The van der Waals surface area contributed by atoms with Crippen LogP contribution in [0.1, 0.15) is 20.3 Å². The lowest BCUT2D eigenvalue weighted by atomic mass is 10.4. The van der Waals surface area contributed by atoms with Gasteiger partial charge in [-0.1, -0.05) is 0 Å². The molecular weight excluding hydrogens is 192 g/mol. The van der Waals surface area contributed by atoms with Gasteiger partial charge in [-0.25, -0.2) is 4.98 Å². The van der Waals surface area contributed by atoms with Crippen molar-refractivity contribution < 1.29 is 9.47 Å². The minimum absolute atomic E-state index is 0.287. The van der Waals surface area contributed by atoms with Crippen LogP contribution in [0.2, 0.25) is 0 Å². The fraction of sp³-hybridized carbons (Fsp3) is 0.727. The highest BCUT2D eigenvalue weighted by molar-refractivity contribution is 4.71. The summed E-state index contributed by atoms with van der Waals surface area (Å²) in [5.41, 5.74) is 0. The van der Waals surface area contributed by atoms with Crippen LogP contribution in [0.4, 0.5) is 0 Å². The molecule has 1 heterocycles. The Morgan fingerprint density at radius 2 is 2.20 bits per heavy atom. The lowest BCUT2D eigenvalue weighted by molar-refractivity contribution is 0.0184. The van der Waals surface area contributed by atoms with E-state index in [2.05, 4.69) is 11.2 Å². The molecular formula is C11H19N2O2. The van der Waals surface area contributed by atoms with Crippen LogP contribution >= 0.6 is 0 Å². The van der Waals surface area contributed by atoms with Crippen molar-refractivity contribution in [3.8, 4) is 0 Å². The number of imidazole rings is 1. The molecule has 0 aliphatic rings. The third-order valence-corrected chi connectivity index (χ3v) is 1.89. The predicted molar refractivity (Wildman–Crippen MR) is 57.6 cm³/mol. The molecule has 0 aromatic carbocycles. The molecule has 0 bridgehead atoms. The SMILES string of the molecule is CC(C)OCCOCCCn1c[c]nc1. The monoisotopic (exact) mass is 211 g/mol. The van der Waals surface area contributed by atoms with Gasteiger partial charge in [-0.15, -0.1) is 0 Å². The number of hydrogen-bond donors (Lipinski definition) is 0. The van der Waals surface area contributed by atoms with Gasteiger partial charge < -0.3 is 14.0 Å². The molecule has 0 saturated carbocycles. The third kappa shape index (κ3) is 6.25. The first-order valence-electron chi connectivity index (χ1n) is 5.36. The Labute approximate surface area is 91.2 Å². The fourth-order valence-electron chi connectivity index (χ4n) is 1.16. The van der Waals surface area contributed by atoms with Crippen LogP contribution in [-0.2, 0) is 16.0 Å². The molecule has 4 nitrogen and oxygen atoms in total. The van der Waals surface area contributed by atoms with Crippen LogP contribution in [0, 0.1) is 6.20 Å². The summed E-state index contributed by atoms with van der Waals surface area (Å²) in [6.07, 6.45) is 7.64. The van der Waals surface area contributed by atoms with Crippen molar-refractivity contribution in [1.29, 1.82) is 0 Å². The molecule has 0 N–H and O–H groups in total. The Balaban J connectivity index is 1.85. The summed E-state index contributed by atoms with van der Waals surface area (Å²) >= 11 is 0. The fourth-order valence-corrected chi connectivity index (χ4v) is 1.16. The lowest BCUT2D eigenvalue weighted by Gasteiger charge is -2.08. The smallest absolute Gasteiger partial charge is 0.108 e. The van der Waals surface area contributed by atoms with E-state index in [9.17, 15) is 0 Å². The maximum absolute atomic E-state index is 5.41. The number of aromatic nitrogens is 2. The first-order chi connectivity index (χ1) is 7.29. The van der Waals surface area contributed by atoms with Crippen LogP contribution < -0.4 is 0 Å². The topological polar surface area (TPSA) is 36.3 Å². The number of aryl methyl sites for hydroxylation is 1. The van der Waals surface area contributed by atoms with Gasteiger partial charge in [0.05, 0.1) is 25.6 Å². The minimum atomic E-state index is 0.287. The molecule has 0 unspecified atom stereocenters. The quantitative estimate of drug-likeness (QED) is 0.612. The van der Waals surface area contributed by atoms with E-state index in [-0.39, 0.29) is 6.10 Å². The molecule has 85 valence electrons. The zero-order chi connectivity index (χ0) is 10.9. The molecule has 0 fully saturated rings. The van der Waals surface area contributed by atoms with Gasteiger partial charge in [0, 0.05) is 19.3 Å². The summed E-state index contributed by atoms with van der Waals surface area (Å²) in [5.74, 6) is 0. The van der Waals surface area contributed by atoms with E-state index in [1.807, 2.05) is 24.6 Å². The van der Waals surface area contributed by atoms with Crippen molar-refractivity contribution in [2.24, 2.45) is 0 Å². The molecule has 0 spiro atoms. The minimum Gasteiger partial charge on any atom is -0.379 e. The van der Waals surface area contributed by atoms with Crippen molar-refractivity contribution in [3.63, 3.8) is 0 Å². The Morgan fingerprint density at radius 1 is 1.33 bits per heavy atom. The second kappa shape index (κ2) is 7.43. The highest BCUT2D eigenvalue weighted by atomic mass is 16.5. The molecule has 0 atom stereocenters.